The Morgan fingerprint density at radius 3 is 2.61 bits per heavy atom. The number of carbonyl (C=O) groups is 2. The third-order valence-electron chi connectivity index (χ3n) is 4.79. The lowest BCUT2D eigenvalue weighted by molar-refractivity contribution is -0.138. The van der Waals surface area contributed by atoms with Crippen LogP contribution < -0.4 is 15.4 Å². The van der Waals surface area contributed by atoms with Gasteiger partial charge in [-0.1, -0.05) is 11.6 Å². The number of aromatic nitrogens is 1. The van der Waals surface area contributed by atoms with E-state index in [-0.39, 0.29) is 42.3 Å². The average Bonchev–Trinajstić information content (AvgIpc) is 2.78. The summed E-state index contributed by atoms with van der Waals surface area (Å²) in [5, 5.41) is 5.23. The lowest BCUT2D eigenvalue weighted by Gasteiger charge is -2.28. The fourth-order valence-corrected chi connectivity index (χ4v) is 3.16. The van der Waals surface area contributed by atoms with Gasteiger partial charge in [-0.2, -0.15) is 13.2 Å². The highest BCUT2D eigenvalue weighted by Crippen LogP contribution is 2.28. The normalized spacial score (nSPS) is 18.5. The summed E-state index contributed by atoms with van der Waals surface area (Å²) in [5.41, 5.74) is -0.593. The molecule has 1 fully saturated rings. The Labute approximate surface area is 191 Å². The lowest BCUT2D eigenvalue weighted by Crippen LogP contribution is -2.48. The van der Waals surface area contributed by atoms with Gasteiger partial charge < -0.3 is 20.1 Å². The van der Waals surface area contributed by atoms with Crippen LogP contribution in [0.25, 0.3) is 0 Å². The second-order valence-electron chi connectivity index (χ2n) is 7.28. The minimum atomic E-state index is -4.48. The predicted octanol–water partition coefficient (Wildman–Crippen LogP) is 3.25. The first-order valence-corrected chi connectivity index (χ1v) is 10.3. The molecule has 1 aliphatic rings. The zero-order valence-electron chi connectivity index (χ0n) is 17.1. The number of amides is 2. The minimum Gasteiger partial charge on any atom is -0.484 e. The largest absolute Gasteiger partial charge is 0.484 e. The van der Waals surface area contributed by atoms with Crippen molar-refractivity contribution in [2.24, 2.45) is 0 Å². The molecule has 2 N–H and O–H groups in total. The van der Waals surface area contributed by atoms with E-state index in [2.05, 4.69) is 15.6 Å². The Kier molecular flexibility index (Phi) is 8.09. The van der Waals surface area contributed by atoms with Crippen molar-refractivity contribution in [1.82, 2.24) is 15.6 Å². The maximum absolute atomic E-state index is 13.4. The van der Waals surface area contributed by atoms with Gasteiger partial charge in [0.25, 0.3) is 5.91 Å². The standard InChI is InChI=1S/C21H20ClF4N3O4/c22-16-5-4-15(7-17(16)23)32-11-19(30)29-14-3-6-18(33-10-14)20(31)28-9-13-2-1-12(8-27-13)21(24,25)26/h1-2,4-5,7-8,14,18H,3,6,9-11H2,(H,28,31)(H,29,30)/t14-,18-/m0/s1. The smallest absolute Gasteiger partial charge is 0.417 e. The van der Waals surface area contributed by atoms with Gasteiger partial charge in [-0.3, -0.25) is 14.6 Å². The third-order valence-corrected chi connectivity index (χ3v) is 5.10. The van der Waals surface area contributed by atoms with Crippen LogP contribution in [0.15, 0.2) is 36.5 Å². The molecule has 3 rings (SSSR count). The number of rotatable bonds is 7. The number of nitrogens with zero attached hydrogens (tertiary/aromatic N) is 1. The van der Waals surface area contributed by atoms with Crippen LogP contribution in [0.1, 0.15) is 24.1 Å². The summed E-state index contributed by atoms with van der Waals surface area (Å²) in [6.45, 7) is -0.279. The van der Waals surface area contributed by atoms with Crippen molar-refractivity contribution in [3.8, 4) is 5.75 Å². The van der Waals surface area contributed by atoms with E-state index in [9.17, 15) is 27.2 Å². The average molecular weight is 490 g/mol. The number of ether oxygens (including phenoxy) is 2. The molecule has 1 aliphatic heterocycles. The van der Waals surface area contributed by atoms with Gasteiger partial charge in [-0.15, -0.1) is 0 Å². The molecule has 2 atom stereocenters. The molecule has 0 saturated carbocycles. The SMILES string of the molecule is O=C(COc1ccc(Cl)c(F)c1)N[C@H]1CC[C@@H](C(=O)NCc2ccc(C(F)(F)F)cn2)OC1. The molecule has 1 saturated heterocycles. The first-order valence-electron chi connectivity index (χ1n) is 9.90. The highest BCUT2D eigenvalue weighted by atomic mass is 35.5. The number of benzene rings is 1. The van der Waals surface area contributed by atoms with Crippen LogP contribution >= 0.6 is 11.6 Å². The van der Waals surface area contributed by atoms with E-state index < -0.39 is 35.5 Å². The Morgan fingerprint density at radius 2 is 2.00 bits per heavy atom. The molecule has 0 aliphatic carbocycles. The monoisotopic (exact) mass is 489 g/mol. The summed E-state index contributed by atoms with van der Waals surface area (Å²) in [7, 11) is 0. The Bertz CT molecular complexity index is 980. The lowest BCUT2D eigenvalue weighted by atomic mass is 10.0. The molecule has 2 heterocycles. The molecule has 0 bridgehead atoms. The molecular formula is C21H20ClF4N3O4. The molecule has 178 valence electrons. The molecule has 2 aromatic rings. The van der Waals surface area contributed by atoms with Gasteiger partial charge in [0.05, 0.1) is 35.5 Å². The highest BCUT2D eigenvalue weighted by Gasteiger charge is 2.31. The zero-order valence-corrected chi connectivity index (χ0v) is 17.9. The van der Waals surface area contributed by atoms with Gasteiger partial charge in [-0.25, -0.2) is 4.39 Å². The van der Waals surface area contributed by atoms with Crippen molar-refractivity contribution in [2.75, 3.05) is 13.2 Å². The number of nitrogens with one attached hydrogen (secondary N) is 2. The van der Waals surface area contributed by atoms with Gasteiger partial charge in [0.15, 0.2) is 6.61 Å². The fraction of sp³-hybridized carbons (Fsp3) is 0.381. The van der Waals surface area contributed by atoms with Crippen LogP contribution in [-0.2, 0) is 27.0 Å². The zero-order chi connectivity index (χ0) is 24.0. The molecule has 0 radical (unpaired) electrons. The fourth-order valence-electron chi connectivity index (χ4n) is 3.05. The molecule has 12 heteroatoms. The van der Waals surface area contributed by atoms with Gasteiger partial charge in [0, 0.05) is 12.3 Å². The number of hydrogen-bond donors (Lipinski definition) is 2. The summed E-state index contributed by atoms with van der Waals surface area (Å²) >= 11 is 5.59. The molecule has 0 unspecified atom stereocenters. The Balaban J connectivity index is 1.36. The van der Waals surface area contributed by atoms with Crippen molar-refractivity contribution in [3.63, 3.8) is 0 Å². The van der Waals surface area contributed by atoms with Crippen molar-refractivity contribution in [2.45, 2.75) is 37.7 Å². The Morgan fingerprint density at radius 1 is 1.21 bits per heavy atom. The van der Waals surface area contributed by atoms with E-state index >= 15 is 0 Å². The quantitative estimate of drug-likeness (QED) is 0.583. The summed E-state index contributed by atoms with van der Waals surface area (Å²) < 4.78 is 61.8. The first-order chi connectivity index (χ1) is 15.6. The van der Waals surface area contributed by atoms with Crippen LogP contribution in [0.4, 0.5) is 17.6 Å². The second kappa shape index (κ2) is 10.8. The maximum atomic E-state index is 13.4. The minimum absolute atomic E-state index is 0.0420. The number of pyridine rings is 1. The van der Waals surface area contributed by atoms with E-state index in [1.54, 1.807) is 0 Å². The van der Waals surface area contributed by atoms with Gasteiger partial charge >= 0.3 is 6.18 Å². The number of alkyl halides is 3. The van der Waals surface area contributed by atoms with E-state index in [1.165, 1.54) is 18.2 Å². The van der Waals surface area contributed by atoms with Gasteiger partial charge in [0.1, 0.15) is 17.7 Å². The summed E-state index contributed by atoms with van der Waals surface area (Å²) in [6.07, 6.45) is -3.71. The molecule has 1 aromatic carbocycles. The van der Waals surface area contributed by atoms with E-state index in [0.717, 1.165) is 12.1 Å². The molecule has 33 heavy (non-hydrogen) atoms. The first kappa shape index (κ1) is 24.7. The van der Waals surface area contributed by atoms with Crippen LogP contribution in [-0.4, -0.2) is 42.2 Å². The molecule has 2 amide bonds. The Hall–Kier alpha value is -2.92. The molecule has 0 spiro atoms. The van der Waals surface area contributed by atoms with Crippen LogP contribution in [0.3, 0.4) is 0 Å². The van der Waals surface area contributed by atoms with Crippen molar-refractivity contribution in [3.05, 3.63) is 58.6 Å². The van der Waals surface area contributed by atoms with Crippen LogP contribution in [0.2, 0.25) is 5.02 Å². The summed E-state index contributed by atoms with van der Waals surface area (Å²) in [6, 6.07) is 5.58. The van der Waals surface area contributed by atoms with Crippen LogP contribution in [0, 0.1) is 5.82 Å². The van der Waals surface area contributed by atoms with Gasteiger partial charge in [-0.05, 0) is 37.1 Å². The molecular weight excluding hydrogens is 470 g/mol. The molecule has 7 nitrogen and oxygen atoms in total. The van der Waals surface area contributed by atoms with Gasteiger partial charge in [0.2, 0.25) is 5.91 Å². The van der Waals surface area contributed by atoms with Crippen LogP contribution in [0.5, 0.6) is 5.75 Å². The maximum Gasteiger partial charge on any atom is 0.417 e. The van der Waals surface area contributed by atoms with E-state index in [4.69, 9.17) is 21.1 Å². The number of halogens is 5. The molecule has 1 aromatic heterocycles. The number of hydrogen-bond acceptors (Lipinski definition) is 5. The van der Waals surface area contributed by atoms with Crippen molar-refractivity contribution < 1.29 is 36.6 Å². The highest BCUT2D eigenvalue weighted by molar-refractivity contribution is 6.30. The van der Waals surface area contributed by atoms with E-state index in [1.807, 2.05) is 0 Å². The summed E-state index contributed by atoms with van der Waals surface area (Å²) in [5.74, 6) is -1.36. The third kappa shape index (κ3) is 7.29. The number of carbonyl (C=O) groups excluding carboxylic acids is 2. The second-order valence-corrected chi connectivity index (χ2v) is 7.69. The topological polar surface area (TPSA) is 89.5 Å². The predicted molar refractivity (Wildman–Crippen MR) is 109 cm³/mol. The summed E-state index contributed by atoms with van der Waals surface area (Å²) in [4.78, 5) is 28.0. The van der Waals surface area contributed by atoms with Crippen molar-refractivity contribution in [1.29, 1.82) is 0 Å². The van der Waals surface area contributed by atoms with E-state index in [0.29, 0.717) is 19.0 Å². The van der Waals surface area contributed by atoms with Crippen molar-refractivity contribution >= 4 is 23.4 Å².